The minimum Gasteiger partial charge on any atom is -0.483 e. The van der Waals surface area contributed by atoms with Crippen LogP contribution in [0, 0.1) is 0 Å². The third-order valence-electron chi connectivity index (χ3n) is 2.45. The maximum absolute atomic E-state index is 8.36. The summed E-state index contributed by atoms with van der Waals surface area (Å²) in [5.74, 6) is 0.922. The number of thiazole rings is 1. The Labute approximate surface area is 119 Å². The van der Waals surface area contributed by atoms with Crippen molar-refractivity contribution in [1.29, 1.82) is 0 Å². The van der Waals surface area contributed by atoms with Gasteiger partial charge in [0.1, 0.15) is 5.82 Å². The minimum absolute atomic E-state index is 0.250. The van der Waals surface area contributed by atoms with Gasteiger partial charge in [0.25, 0.3) is 6.47 Å². The van der Waals surface area contributed by atoms with Crippen molar-refractivity contribution < 1.29 is 9.90 Å². The molecule has 7 heteroatoms. The normalized spacial score (nSPS) is 9.60. The highest BCUT2D eigenvalue weighted by atomic mass is 32.1. The summed E-state index contributed by atoms with van der Waals surface area (Å²) in [6.45, 7) is 0.494. The first kappa shape index (κ1) is 13.9. The van der Waals surface area contributed by atoms with Crippen molar-refractivity contribution in [3.63, 3.8) is 0 Å². The largest absolute Gasteiger partial charge is 0.483 e. The zero-order valence-electron chi connectivity index (χ0n) is 10.5. The molecule has 0 bridgehead atoms. The fourth-order valence-electron chi connectivity index (χ4n) is 1.68. The van der Waals surface area contributed by atoms with Crippen LogP contribution in [-0.2, 0) is 11.3 Å². The van der Waals surface area contributed by atoms with E-state index in [1.54, 1.807) is 23.7 Å². The van der Waals surface area contributed by atoms with Crippen molar-refractivity contribution in [1.82, 2.24) is 19.5 Å². The Morgan fingerprint density at radius 2 is 2.20 bits per heavy atom. The summed E-state index contributed by atoms with van der Waals surface area (Å²) in [6, 6.07) is 3.92. The van der Waals surface area contributed by atoms with E-state index in [4.69, 9.17) is 9.90 Å². The van der Waals surface area contributed by atoms with Crippen molar-refractivity contribution in [3.05, 3.63) is 53.5 Å². The molecule has 0 spiro atoms. The van der Waals surface area contributed by atoms with Gasteiger partial charge in [0.2, 0.25) is 0 Å². The predicted octanol–water partition coefficient (Wildman–Crippen LogP) is 2.15. The van der Waals surface area contributed by atoms with Gasteiger partial charge in [-0.3, -0.25) is 9.78 Å². The molecule has 0 fully saturated rings. The molecule has 102 valence electrons. The fourth-order valence-corrected chi connectivity index (χ4v) is 2.23. The molecule has 20 heavy (non-hydrogen) atoms. The van der Waals surface area contributed by atoms with E-state index in [1.165, 1.54) is 0 Å². The number of carboxylic acid groups (broad SMARTS) is 1. The van der Waals surface area contributed by atoms with Crippen LogP contribution >= 0.6 is 11.3 Å². The van der Waals surface area contributed by atoms with E-state index < -0.39 is 0 Å². The second-order valence-electron chi connectivity index (χ2n) is 3.71. The van der Waals surface area contributed by atoms with Gasteiger partial charge < -0.3 is 9.67 Å². The van der Waals surface area contributed by atoms with Gasteiger partial charge in [-0.25, -0.2) is 9.97 Å². The summed E-state index contributed by atoms with van der Waals surface area (Å²) in [7, 11) is 0. The van der Waals surface area contributed by atoms with Gasteiger partial charge in [-0.15, -0.1) is 11.3 Å². The summed E-state index contributed by atoms with van der Waals surface area (Å²) in [6.07, 6.45) is 7.34. The number of rotatable bonds is 3. The van der Waals surface area contributed by atoms with Gasteiger partial charge in [-0.05, 0) is 12.1 Å². The van der Waals surface area contributed by atoms with Gasteiger partial charge in [0.15, 0.2) is 0 Å². The molecule has 3 rings (SSSR count). The smallest absolute Gasteiger partial charge is 0.290 e. The number of pyridine rings is 1. The van der Waals surface area contributed by atoms with Gasteiger partial charge >= 0.3 is 0 Å². The summed E-state index contributed by atoms with van der Waals surface area (Å²) in [5, 5.41) is 8.94. The van der Waals surface area contributed by atoms with E-state index in [0.717, 1.165) is 23.6 Å². The average Bonchev–Trinajstić information content (AvgIpc) is 3.13. The zero-order valence-corrected chi connectivity index (χ0v) is 11.3. The molecular weight excluding hydrogens is 276 g/mol. The van der Waals surface area contributed by atoms with Crippen LogP contribution in [0.4, 0.5) is 0 Å². The third-order valence-corrected chi connectivity index (χ3v) is 3.09. The molecule has 0 aromatic carbocycles. The Morgan fingerprint density at radius 1 is 1.35 bits per heavy atom. The van der Waals surface area contributed by atoms with E-state index in [-0.39, 0.29) is 6.47 Å². The lowest BCUT2D eigenvalue weighted by atomic mass is 10.2. The fraction of sp³-hybridized carbons (Fsp3) is 0.0769. The highest BCUT2D eigenvalue weighted by molar-refractivity contribution is 7.07. The molecule has 0 aliphatic carbocycles. The van der Waals surface area contributed by atoms with Crippen LogP contribution in [0.25, 0.3) is 11.4 Å². The Morgan fingerprint density at radius 3 is 2.85 bits per heavy atom. The molecule has 0 amide bonds. The first-order valence-corrected chi connectivity index (χ1v) is 6.66. The average molecular weight is 288 g/mol. The van der Waals surface area contributed by atoms with Crippen LogP contribution in [-0.4, -0.2) is 31.1 Å². The van der Waals surface area contributed by atoms with Crippen molar-refractivity contribution in [2.45, 2.75) is 6.54 Å². The van der Waals surface area contributed by atoms with Gasteiger partial charge in [0, 0.05) is 35.7 Å². The zero-order chi connectivity index (χ0) is 14.2. The maximum Gasteiger partial charge on any atom is 0.290 e. The first-order chi connectivity index (χ1) is 9.85. The molecule has 0 atom stereocenters. The van der Waals surface area contributed by atoms with E-state index in [9.17, 15) is 0 Å². The number of imidazole rings is 1. The SMILES string of the molecule is O=CO.c1cncc(-c2nccn2Cc2cscn2)c1. The molecule has 0 aliphatic rings. The van der Waals surface area contributed by atoms with E-state index in [2.05, 4.69) is 19.5 Å². The third kappa shape index (κ3) is 3.48. The highest BCUT2D eigenvalue weighted by Crippen LogP contribution is 2.17. The van der Waals surface area contributed by atoms with Gasteiger partial charge in [-0.2, -0.15) is 0 Å². The van der Waals surface area contributed by atoms with Crippen molar-refractivity contribution >= 4 is 17.8 Å². The van der Waals surface area contributed by atoms with Crippen LogP contribution in [0.5, 0.6) is 0 Å². The van der Waals surface area contributed by atoms with E-state index in [0.29, 0.717) is 0 Å². The van der Waals surface area contributed by atoms with Crippen LogP contribution in [0.2, 0.25) is 0 Å². The summed E-state index contributed by atoms with van der Waals surface area (Å²) < 4.78 is 2.08. The molecule has 0 saturated heterocycles. The molecule has 0 saturated carbocycles. The number of carbonyl (C=O) groups is 1. The quantitative estimate of drug-likeness (QED) is 0.747. The van der Waals surface area contributed by atoms with Crippen molar-refractivity contribution in [2.24, 2.45) is 0 Å². The lowest BCUT2D eigenvalue weighted by Gasteiger charge is -2.05. The van der Waals surface area contributed by atoms with Crippen LogP contribution in [0.15, 0.2) is 47.8 Å². The minimum atomic E-state index is -0.250. The standard InChI is InChI=1S/C12H10N4S.CH2O2/c1-2-10(6-13-3-1)12-14-4-5-16(12)7-11-8-17-9-15-11;2-1-3/h1-6,8-9H,7H2;1H,(H,2,3). The summed E-state index contributed by atoms with van der Waals surface area (Å²) >= 11 is 1.61. The highest BCUT2D eigenvalue weighted by Gasteiger charge is 2.06. The molecule has 0 radical (unpaired) electrons. The number of aromatic nitrogens is 4. The lowest BCUT2D eigenvalue weighted by molar-refractivity contribution is -0.122. The van der Waals surface area contributed by atoms with Crippen LogP contribution in [0.1, 0.15) is 5.69 Å². The van der Waals surface area contributed by atoms with E-state index in [1.807, 2.05) is 35.4 Å². The lowest BCUT2D eigenvalue weighted by Crippen LogP contribution is -2.01. The Bertz CT molecular complexity index is 637. The maximum atomic E-state index is 8.36. The molecular formula is C13H12N4O2S. The summed E-state index contributed by atoms with van der Waals surface area (Å²) in [5.41, 5.74) is 3.92. The second-order valence-corrected chi connectivity index (χ2v) is 4.42. The molecule has 6 nitrogen and oxygen atoms in total. The van der Waals surface area contributed by atoms with E-state index >= 15 is 0 Å². The monoisotopic (exact) mass is 288 g/mol. The molecule has 1 N–H and O–H groups in total. The molecule has 0 aliphatic heterocycles. The molecule has 3 aromatic heterocycles. The van der Waals surface area contributed by atoms with Crippen LogP contribution in [0.3, 0.4) is 0 Å². The predicted molar refractivity (Wildman–Crippen MR) is 75.4 cm³/mol. The summed E-state index contributed by atoms with van der Waals surface area (Å²) in [4.78, 5) is 21.1. The first-order valence-electron chi connectivity index (χ1n) is 5.71. The molecule has 0 unspecified atom stereocenters. The van der Waals surface area contributed by atoms with Crippen molar-refractivity contribution in [3.8, 4) is 11.4 Å². The van der Waals surface area contributed by atoms with Gasteiger partial charge in [-0.1, -0.05) is 0 Å². The topological polar surface area (TPSA) is 80.9 Å². The van der Waals surface area contributed by atoms with Crippen LogP contribution < -0.4 is 0 Å². The van der Waals surface area contributed by atoms with Crippen molar-refractivity contribution in [2.75, 3.05) is 0 Å². The second kappa shape index (κ2) is 7.15. The Kier molecular flexibility index (Phi) is 4.96. The molecule has 3 heterocycles. The number of hydrogen-bond acceptors (Lipinski definition) is 5. The number of hydrogen-bond donors (Lipinski definition) is 1. The number of nitrogens with zero attached hydrogens (tertiary/aromatic N) is 4. The Hall–Kier alpha value is -2.54. The molecule has 3 aromatic rings. The Balaban J connectivity index is 0.000000452. The van der Waals surface area contributed by atoms with Gasteiger partial charge in [0.05, 0.1) is 17.7 Å².